The largest absolute Gasteiger partial charge is 0.469 e. The van der Waals surface area contributed by atoms with E-state index in [0.29, 0.717) is 5.92 Å². The van der Waals surface area contributed by atoms with Crippen molar-refractivity contribution < 1.29 is 9.15 Å². The maximum absolute atomic E-state index is 5.46. The summed E-state index contributed by atoms with van der Waals surface area (Å²) in [6, 6.07) is 3.92. The second-order valence-electron chi connectivity index (χ2n) is 7.48. The molecule has 3 heterocycles. The lowest BCUT2D eigenvalue weighted by Crippen LogP contribution is -2.39. The molecule has 1 atom stereocenters. The van der Waals surface area contributed by atoms with Crippen LogP contribution in [0.5, 0.6) is 0 Å². The second-order valence-corrected chi connectivity index (χ2v) is 7.48. The van der Waals surface area contributed by atoms with Crippen LogP contribution in [0.25, 0.3) is 0 Å². The van der Waals surface area contributed by atoms with Gasteiger partial charge in [-0.3, -0.25) is 9.67 Å². The van der Waals surface area contributed by atoms with E-state index in [1.54, 1.807) is 6.26 Å². The van der Waals surface area contributed by atoms with E-state index >= 15 is 0 Å². The highest BCUT2D eigenvalue weighted by Crippen LogP contribution is 2.14. The number of hydrogen-bond donors (Lipinski definition) is 2. The smallest absolute Gasteiger partial charge is 0.191 e. The highest BCUT2D eigenvalue weighted by Gasteiger charge is 2.15. The molecule has 2 N–H and O–H groups in total. The molecule has 0 spiro atoms. The molecule has 0 bridgehead atoms. The van der Waals surface area contributed by atoms with Gasteiger partial charge in [-0.05, 0) is 50.8 Å². The molecule has 0 aromatic carbocycles. The van der Waals surface area contributed by atoms with Gasteiger partial charge in [-0.25, -0.2) is 0 Å². The summed E-state index contributed by atoms with van der Waals surface area (Å²) in [7, 11) is 2.00. The fourth-order valence-electron chi connectivity index (χ4n) is 3.53. The van der Waals surface area contributed by atoms with Crippen molar-refractivity contribution in [2.24, 2.45) is 18.0 Å². The Kier molecular flexibility index (Phi) is 7.54. The third-order valence-electron chi connectivity index (χ3n) is 5.33. The molecule has 3 rings (SSSR count). The minimum atomic E-state index is 0.532. The monoisotopic (exact) mass is 387 g/mol. The number of rotatable bonds is 9. The Morgan fingerprint density at radius 2 is 2.14 bits per heavy atom. The van der Waals surface area contributed by atoms with Gasteiger partial charge in [-0.2, -0.15) is 5.10 Å². The molecule has 28 heavy (non-hydrogen) atoms. The number of hydrogen-bond acceptors (Lipinski definition) is 4. The second kappa shape index (κ2) is 10.3. The van der Waals surface area contributed by atoms with E-state index in [1.165, 1.54) is 11.3 Å². The maximum atomic E-state index is 5.46. The molecule has 1 unspecified atom stereocenters. The van der Waals surface area contributed by atoms with E-state index in [1.807, 2.05) is 23.9 Å². The van der Waals surface area contributed by atoms with Crippen molar-refractivity contribution in [3.8, 4) is 0 Å². The van der Waals surface area contributed by atoms with Gasteiger partial charge in [0.05, 0.1) is 18.6 Å². The lowest BCUT2D eigenvalue weighted by molar-refractivity contribution is 0.187. The van der Waals surface area contributed by atoms with Crippen LogP contribution in [-0.2, 0) is 24.6 Å². The van der Waals surface area contributed by atoms with Crippen LogP contribution in [0.2, 0.25) is 0 Å². The molecule has 154 valence electrons. The predicted octanol–water partition coefficient (Wildman–Crippen LogP) is 2.38. The number of aliphatic imine (C=N–C) groups is 1. The molecule has 1 aliphatic rings. The van der Waals surface area contributed by atoms with E-state index in [-0.39, 0.29) is 0 Å². The van der Waals surface area contributed by atoms with Crippen molar-refractivity contribution in [1.29, 1.82) is 0 Å². The Morgan fingerprint density at radius 1 is 1.29 bits per heavy atom. The summed E-state index contributed by atoms with van der Waals surface area (Å²) in [4.78, 5) is 4.78. The van der Waals surface area contributed by atoms with Crippen molar-refractivity contribution in [2.45, 2.75) is 39.5 Å². The molecule has 0 amide bonds. The topological polar surface area (TPSA) is 76.6 Å². The van der Waals surface area contributed by atoms with E-state index < -0.39 is 0 Å². The van der Waals surface area contributed by atoms with Crippen LogP contribution < -0.4 is 10.6 Å². The quantitative estimate of drug-likeness (QED) is 0.392. The molecular formula is C21H33N5O2. The number of guanidine groups is 1. The van der Waals surface area contributed by atoms with E-state index in [9.17, 15) is 0 Å². The van der Waals surface area contributed by atoms with Crippen molar-refractivity contribution in [2.75, 3.05) is 32.8 Å². The zero-order valence-electron chi connectivity index (χ0n) is 17.3. The third kappa shape index (κ3) is 5.86. The fraction of sp³-hybridized carbons (Fsp3) is 0.619. The lowest BCUT2D eigenvalue weighted by Gasteiger charge is -2.13. The van der Waals surface area contributed by atoms with Crippen LogP contribution in [0.3, 0.4) is 0 Å². The average molecular weight is 388 g/mol. The van der Waals surface area contributed by atoms with Crippen molar-refractivity contribution in [1.82, 2.24) is 20.4 Å². The Labute approximate surface area is 167 Å². The molecule has 1 saturated heterocycles. The minimum Gasteiger partial charge on any atom is -0.469 e. The SMILES string of the molecule is Cc1nn(C)c(C)c1CCCNC(=NCC1CCOC1)NCCc1ccco1. The summed E-state index contributed by atoms with van der Waals surface area (Å²) in [5, 5.41) is 11.4. The van der Waals surface area contributed by atoms with Crippen LogP contribution >= 0.6 is 0 Å². The Balaban J connectivity index is 1.46. The zero-order chi connectivity index (χ0) is 19.8. The molecule has 7 heteroatoms. The molecule has 2 aromatic heterocycles. The molecule has 1 aliphatic heterocycles. The standard InChI is InChI=1S/C21H33N5O2/c1-16-20(17(2)26(3)25-16)7-4-10-22-21(24-14-18-9-13-27-15-18)23-11-8-19-6-5-12-28-19/h5-6,12,18H,4,7-11,13-15H2,1-3H3,(H2,22,23,24). The highest BCUT2D eigenvalue weighted by atomic mass is 16.5. The Hall–Kier alpha value is -2.28. The minimum absolute atomic E-state index is 0.532. The molecule has 2 aromatic rings. The number of aryl methyl sites for hydroxylation is 2. The molecular weight excluding hydrogens is 354 g/mol. The lowest BCUT2D eigenvalue weighted by atomic mass is 10.1. The number of nitrogens with zero attached hydrogens (tertiary/aromatic N) is 3. The van der Waals surface area contributed by atoms with Gasteiger partial charge in [0, 0.05) is 51.3 Å². The summed E-state index contributed by atoms with van der Waals surface area (Å²) < 4.78 is 12.8. The van der Waals surface area contributed by atoms with E-state index in [2.05, 4.69) is 29.6 Å². The van der Waals surface area contributed by atoms with Gasteiger partial charge < -0.3 is 19.8 Å². The van der Waals surface area contributed by atoms with Gasteiger partial charge in [0.2, 0.25) is 0 Å². The normalized spacial score (nSPS) is 17.2. The molecule has 1 fully saturated rings. The summed E-state index contributed by atoms with van der Waals surface area (Å²) in [6.45, 7) is 8.37. The maximum Gasteiger partial charge on any atom is 0.191 e. The van der Waals surface area contributed by atoms with Crippen LogP contribution in [0.4, 0.5) is 0 Å². The number of ether oxygens (including phenoxy) is 1. The van der Waals surface area contributed by atoms with E-state index in [0.717, 1.165) is 75.9 Å². The van der Waals surface area contributed by atoms with Gasteiger partial charge in [-0.1, -0.05) is 0 Å². The van der Waals surface area contributed by atoms with Crippen LogP contribution in [0.15, 0.2) is 27.8 Å². The first-order chi connectivity index (χ1) is 13.6. The van der Waals surface area contributed by atoms with Crippen LogP contribution in [-0.4, -0.2) is 48.6 Å². The summed E-state index contributed by atoms with van der Waals surface area (Å²) in [5.41, 5.74) is 3.74. The predicted molar refractivity (Wildman–Crippen MR) is 111 cm³/mol. The van der Waals surface area contributed by atoms with Crippen molar-refractivity contribution in [3.63, 3.8) is 0 Å². The fourth-order valence-corrected chi connectivity index (χ4v) is 3.53. The first kappa shape index (κ1) is 20.5. The zero-order valence-corrected chi connectivity index (χ0v) is 17.3. The highest BCUT2D eigenvalue weighted by molar-refractivity contribution is 5.79. The number of aromatic nitrogens is 2. The Bertz CT molecular complexity index is 745. The van der Waals surface area contributed by atoms with Gasteiger partial charge in [0.15, 0.2) is 5.96 Å². The average Bonchev–Trinajstić information content (AvgIpc) is 3.42. The summed E-state index contributed by atoms with van der Waals surface area (Å²) in [6.07, 6.45) is 5.72. The van der Waals surface area contributed by atoms with Crippen molar-refractivity contribution >= 4 is 5.96 Å². The Morgan fingerprint density at radius 3 is 2.82 bits per heavy atom. The van der Waals surface area contributed by atoms with Gasteiger partial charge in [0.25, 0.3) is 0 Å². The molecule has 7 nitrogen and oxygen atoms in total. The van der Waals surface area contributed by atoms with Gasteiger partial charge in [0.1, 0.15) is 5.76 Å². The molecule has 0 aliphatic carbocycles. The molecule has 0 radical (unpaired) electrons. The van der Waals surface area contributed by atoms with Crippen LogP contribution in [0, 0.1) is 19.8 Å². The van der Waals surface area contributed by atoms with Crippen molar-refractivity contribution in [3.05, 3.63) is 41.1 Å². The first-order valence-electron chi connectivity index (χ1n) is 10.2. The molecule has 0 saturated carbocycles. The summed E-state index contributed by atoms with van der Waals surface area (Å²) >= 11 is 0. The van der Waals surface area contributed by atoms with Gasteiger partial charge in [-0.15, -0.1) is 0 Å². The van der Waals surface area contributed by atoms with Crippen LogP contribution in [0.1, 0.15) is 35.6 Å². The number of nitrogens with one attached hydrogen (secondary N) is 2. The van der Waals surface area contributed by atoms with Gasteiger partial charge >= 0.3 is 0 Å². The van der Waals surface area contributed by atoms with E-state index in [4.69, 9.17) is 14.1 Å². The summed E-state index contributed by atoms with van der Waals surface area (Å²) in [5.74, 6) is 2.39. The first-order valence-corrected chi connectivity index (χ1v) is 10.2. The number of furan rings is 1. The third-order valence-corrected chi connectivity index (χ3v) is 5.33.